The number of oxazole rings is 1. The highest BCUT2D eigenvalue weighted by molar-refractivity contribution is 6.46. The zero-order valence-electron chi connectivity index (χ0n) is 18.1. The second-order valence-corrected chi connectivity index (χ2v) is 9.03. The fourth-order valence-electron chi connectivity index (χ4n) is 3.82. The third-order valence-electron chi connectivity index (χ3n) is 5.53. The van der Waals surface area contributed by atoms with Gasteiger partial charge in [0.2, 0.25) is 5.71 Å². The van der Waals surface area contributed by atoms with Gasteiger partial charge in [-0.2, -0.15) is 0 Å². The van der Waals surface area contributed by atoms with Gasteiger partial charge in [-0.05, 0) is 24.3 Å². The molecular weight excluding hydrogens is 394 g/mol. The van der Waals surface area contributed by atoms with Gasteiger partial charge in [-0.3, -0.25) is 9.63 Å². The Labute approximate surface area is 180 Å². The maximum Gasteiger partial charge on any atom is 0.433 e. The fraction of sp³-hybridized carbons (Fsp3) is 0.417. The molecule has 0 saturated heterocycles. The average Bonchev–Trinajstić information content (AvgIpc) is 3.18. The highest BCUT2D eigenvalue weighted by atomic mass is 16.7. The van der Waals surface area contributed by atoms with Gasteiger partial charge in [0.25, 0.3) is 5.89 Å². The second-order valence-electron chi connectivity index (χ2n) is 9.03. The first kappa shape index (κ1) is 21.0. The first-order chi connectivity index (χ1) is 14.8. The van der Waals surface area contributed by atoms with E-state index in [1.807, 2.05) is 36.4 Å². The summed E-state index contributed by atoms with van der Waals surface area (Å²) in [5.74, 6) is -0.287. The maximum absolute atomic E-state index is 13.1. The lowest BCUT2D eigenvalue weighted by molar-refractivity contribution is -0.119. The molecule has 1 fully saturated rings. The molecule has 7 heteroatoms. The minimum atomic E-state index is -0.759. The Hall–Kier alpha value is -3.22. The summed E-state index contributed by atoms with van der Waals surface area (Å²) in [5, 5.41) is 8.65. The molecule has 31 heavy (non-hydrogen) atoms. The summed E-state index contributed by atoms with van der Waals surface area (Å²) in [7, 11) is 0. The molecule has 1 N–H and O–H groups in total. The van der Waals surface area contributed by atoms with Crippen molar-refractivity contribution >= 4 is 39.5 Å². The van der Waals surface area contributed by atoms with Gasteiger partial charge >= 0.3 is 6.09 Å². The molecule has 0 aliphatic heterocycles. The quantitative estimate of drug-likeness (QED) is 0.348. The number of carbonyl (C=O) groups excluding carboxylic acids is 2. The van der Waals surface area contributed by atoms with Crippen molar-refractivity contribution in [3.05, 3.63) is 42.3 Å². The number of aromatic nitrogens is 1. The minimum absolute atomic E-state index is 0.0387. The van der Waals surface area contributed by atoms with Crippen molar-refractivity contribution in [1.82, 2.24) is 10.3 Å². The SMILES string of the molecule is CC(C)(C)C(=O)/C(=N\OC(=O)NC1CCCCC1)c1nc2c(ccc3ccccc32)o1. The number of oxime groups is 1. The number of hydrogen-bond donors (Lipinski definition) is 1. The van der Waals surface area contributed by atoms with E-state index in [1.165, 1.54) is 6.42 Å². The average molecular weight is 421 g/mol. The topological polar surface area (TPSA) is 93.8 Å². The standard InChI is InChI=1S/C24H27N3O4/c1-24(2,3)21(28)20(27-31-23(29)25-16-10-5-4-6-11-16)22-26-19-17-12-8-7-9-15(17)13-14-18(19)30-22/h7-9,12-14,16H,4-6,10-11H2,1-3H3,(H,25,29)/b27-20+. The number of hydrogen-bond acceptors (Lipinski definition) is 6. The van der Waals surface area contributed by atoms with Crippen molar-refractivity contribution < 1.29 is 18.8 Å². The number of amides is 1. The molecule has 1 aromatic heterocycles. The van der Waals surface area contributed by atoms with Crippen molar-refractivity contribution in [2.24, 2.45) is 10.6 Å². The number of benzene rings is 2. The molecule has 4 rings (SSSR count). The lowest BCUT2D eigenvalue weighted by Crippen LogP contribution is -2.36. The first-order valence-electron chi connectivity index (χ1n) is 10.7. The number of nitrogens with zero attached hydrogens (tertiary/aromatic N) is 2. The minimum Gasteiger partial charge on any atom is -0.434 e. The predicted molar refractivity (Wildman–Crippen MR) is 119 cm³/mol. The number of rotatable bonds is 4. The van der Waals surface area contributed by atoms with Gasteiger partial charge in [0.15, 0.2) is 11.4 Å². The summed E-state index contributed by atoms with van der Waals surface area (Å²) in [6, 6.07) is 11.6. The summed E-state index contributed by atoms with van der Waals surface area (Å²) in [6.07, 6.45) is 4.52. The predicted octanol–water partition coefficient (Wildman–Crippen LogP) is 5.36. The van der Waals surface area contributed by atoms with Gasteiger partial charge < -0.3 is 9.73 Å². The molecule has 1 aliphatic carbocycles. The Morgan fingerprint density at radius 2 is 1.84 bits per heavy atom. The van der Waals surface area contributed by atoms with Crippen LogP contribution in [0.15, 0.2) is 46.0 Å². The molecular formula is C24H27N3O4. The lowest BCUT2D eigenvalue weighted by atomic mass is 9.88. The molecule has 7 nitrogen and oxygen atoms in total. The third-order valence-corrected chi connectivity index (χ3v) is 5.53. The van der Waals surface area contributed by atoms with E-state index in [0.29, 0.717) is 11.1 Å². The number of carbonyl (C=O) groups is 2. The molecule has 1 saturated carbocycles. The van der Waals surface area contributed by atoms with E-state index in [1.54, 1.807) is 20.8 Å². The van der Waals surface area contributed by atoms with Gasteiger partial charge in [-0.25, -0.2) is 9.78 Å². The zero-order valence-corrected chi connectivity index (χ0v) is 18.1. The van der Waals surface area contributed by atoms with Crippen molar-refractivity contribution in [2.75, 3.05) is 0 Å². The van der Waals surface area contributed by atoms with Crippen LogP contribution in [0.2, 0.25) is 0 Å². The van der Waals surface area contributed by atoms with Gasteiger partial charge in [-0.1, -0.05) is 75.5 Å². The first-order valence-corrected chi connectivity index (χ1v) is 10.7. The van der Waals surface area contributed by atoms with Gasteiger partial charge in [0.1, 0.15) is 5.52 Å². The Balaban J connectivity index is 1.66. The van der Waals surface area contributed by atoms with Crippen LogP contribution in [0.25, 0.3) is 21.9 Å². The van der Waals surface area contributed by atoms with Crippen LogP contribution >= 0.6 is 0 Å². The smallest absolute Gasteiger partial charge is 0.433 e. The van der Waals surface area contributed by atoms with Gasteiger partial charge in [0, 0.05) is 16.8 Å². The van der Waals surface area contributed by atoms with E-state index >= 15 is 0 Å². The van der Waals surface area contributed by atoms with Crippen molar-refractivity contribution in [3.63, 3.8) is 0 Å². The molecule has 0 atom stereocenters. The summed E-state index contributed by atoms with van der Waals surface area (Å²) >= 11 is 0. The molecule has 0 radical (unpaired) electrons. The summed E-state index contributed by atoms with van der Waals surface area (Å²) in [5.41, 5.74) is 0.306. The fourth-order valence-corrected chi connectivity index (χ4v) is 3.82. The third kappa shape index (κ3) is 4.60. The van der Waals surface area contributed by atoms with Crippen LogP contribution in [0.5, 0.6) is 0 Å². The molecule has 0 unspecified atom stereocenters. The van der Waals surface area contributed by atoms with Gasteiger partial charge in [-0.15, -0.1) is 0 Å². The van der Waals surface area contributed by atoms with Crippen LogP contribution in [0, 0.1) is 5.41 Å². The van der Waals surface area contributed by atoms with Crippen LogP contribution in [-0.2, 0) is 9.63 Å². The molecule has 0 spiro atoms. The Bertz CT molecular complexity index is 1150. The van der Waals surface area contributed by atoms with E-state index in [-0.39, 0.29) is 23.4 Å². The van der Waals surface area contributed by atoms with Crippen molar-refractivity contribution in [3.8, 4) is 0 Å². The lowest BCUT2D eigenvalue weighted by Gasteiger charge is -2.21. The molecule has 1 aliphatic rings. The Morgan fingerprint density at radius 1 is 1.10 bits per heavy atom. The molecule has 2 aromatic carbocycles. The van der Waals surface area contributed by atoms with Crippen LogP contribution < -0.4 is 5.32 Å². The number of ketones is 1. The summed E-state index contributed by atoms with van der Waals surface area (Å²) < 4.78 is 5.86. The molecule has 162 valence electrons. The second kappa shape index (κ2) is 8.49. The number of Topliss-reactive ketones (excluding diaryl/α,β-unsaturated/α-hetero) is 1. The monoisotopic (exact) mass is 421 g/mol. The summed E-state index contributed by atoms with van der Waals surface area (Å²) in [6.45, 7) is 5.31. The largest absolute Gasteiger partial charge is 0.434 e. The van der Waals surface area contributed by atoms with E-state index in [0.717, 1.165) is 36.5 Å². The summed E-state index contributed by atoms with van der Waals surface area (Å²) in [4.78, 5) is 34.9. The Morgan fingerprint density at radius 3 is 2.58 bits per heavy atom. The van der Waals surface area contributed by atoms with E-state index < -0.39 is 11.5 Å². The normalized spacial score (nSPS) is 15.9. The Kier molecular flexibility index (Phi) is 5.76. The van der Waals surface area contributed by atoms with E-state index in [9.17, 15) is 9.59 Å². The molecule has 0 bridgehead atoms. The molecule has 3 aromatic rings. The highest BCUT2D eigenvalue weighted by Gasteiger charge is 2.32. The van der Waals surface area contributed by atoms with Gasteiger partial charge in [0.05, 0.1) is 0 Å². The van der Waals surface area contributed by atoms with E-state index in [4.69, 9.17) is 9.25 Å². The van der Waals surface area contributed by atoms with Crippen molar-refractivity contribution in [1.29, 1.82) is 0 Å². The molecule has 1 amide bonds. The highest BCUT2D eigenvalue weighted by Crippen LogP contribution is 2.27. The van der Waals surface area contributed by atoms with Crippen LogP contribution in [0.1, 0.15) is 58.8 Å². The van der Waals surface area contributed by atoms with Crippen LogP contribution in [0.4, 0.5) is 4.79 Å². The van der Waals surface area contributed by atoms with Crippen LogP contribution in [-0.4, -0.2) is 28.6 Å². The maximum atomic E-state index is 13.1. The number of nitrogens with one attached hydrogen (secondary N) is 1. The van der Waals surface area contributed by atoms with E-state index in [2.05, 4.69) is 15.5 Å². The van der Waals surface area contributed by atoms with Crippen molar-refractivity contribution in [2.45, 2.75) is 58.9 Å². The van der Waals surface area contributed by atoms with Crippen LogP contribution in [0.3, 0.4) is 0 Å². The number of fused-ring (bicyclic) bond motifs is 3. The molecule has 1 heterocycles. The zero-order chi connectivity index (χ0) is 22.0.